The number of hydrogen-bond donors (Lipinski definition) is 2. The molecule has 19 heavy (non-hydrogen) atoms. The highest BCUT2D eigenvalue weighted by molar-refractivity contribution is 5.86. The van der Waals surface area contributed by atoms with E-state index in [-0.39, 0.29) is 11.7 Å². The summed E-state index contributed by atoms with van der Waals surface area (Å²) in [6.07, 6.45) is 1.39. The molecule has 0 aromatic carbocycles. The summed E-state index contributed by atoms with van der Waals surface area (Å²) in [6.45, 7) is 1.62. The van der Waals surface area contributed by atoms with Gasteiger partial charge in [0.1, 0.15) is 6.04 Å². The maximum Gasteiger partial charge on any atom is 0.406 e. The molecule has 1 aliphatic heterocycles. The number of likely N-dealkylation sites (N-methyl/N-ethyl adjacent to an activating group) is 1. The van der Waals surface area contributed by atoms with Crippen LogP contribution in [0.1, 0.15) is 0 Å². The summed E-state index contributed by atoms with van der Waals surface area (Å²) in [5.74, 6) is -0.0406. The molecule has 0 spiro atoms. The molecule has 104 valence electrons. The molecule has 0 saturated carbocycles. The molecule has 1 aromatic rings. The molecule has 1 fully saturated rings. The maximum absolute atomic E-state index is 11.9. The van der Waals surface area contributed by atoms with Crippen LogP contribution in [0, 0.1) is 10.1 Å². The Bertz CT molecular complexity index is 499. The summed E-state index contributed by atoms with van der Waals surface area (Å²) in [5, 5.41) is 16.7. The van der Waals surface area contributed by atoms with Gasteiger partial charge in [-0.3, -0.25) is 9.36 Å². The van der Waals surface area contributed by atoms with Crippen LogP contribution in [0.15, 0.2) is 6.33 Å². The normalized spacial score (nSPS) is 19.3. The van der Waals surface area contributed by atoms with Crippen molar-refractivity contribution in [1.82, 2.24) is 20.2 Å². The second-order valence-corrected chi connectivity index (χ2v) is 4.29. The summed E-state index contributed by atoms with van der Waals surface area (Å²) in [7, 11) is 3.23. The van der Waals surface area contributed by atoms with E-state index in [1.807, 2.05) is 0 Å². The van der Waals surface area contributed by atoms with Gasteiger partial charge in [-0.25, -0.2) is 0 Å². The highest BCUT2D eigenvalue weighted by atomic mass is 16.6. The fourth-order valence-corrected chi connectivity index (χ4v) is 2.23. The zero-order valence-electron chi connectivity index (χ0n) is 10.8. The number of hydrogen-bond acceptors (Lipinski definition) is 6. The lowest BCUT2D eigenvalue weighted by molar-refractivity contribution is -0.388. The number of aryl methyl sites for hydroxylation is 1. The summed E-state index contributed by atoms with van der Waals surface area (Å²) in [4.78, 5) is 27.9. The van der Waals surface area contributed by atoms with E-state index in [0.29, 0.717) is 25.5 Å². The molecule has 9 heteroatoms. The number of aromatic nitrogens is 2. The molecule has 1 atom stereocenters. The van der Waals surface area contributed by atoms with Crippen molar-refractivity contribution in [2.75, 3.05) is 31.6 Å². The first kappa shape index (κ1) is 13.3. The van der Waals surface area contributed by atoms with Gasteiger partial charge in [0.2, 0.25) is 18.1 Å². The van der Waals surface area contributed by atoms with Crippen molar-refractivity contribution in [3.8, 4) is 0 Å². The number of nitrogens with zero attached hydrogens (tertiary/aromatic N) is 4. The van der Waals surface area contributed by atoms with Crippen LogP contribution in [0.5, 0.6) is 0 Å². The first-order chi connectivity index (χ1) is 9.06. The Morgan fingerprint density at radius 1 is 1.68 bits per heavy atom. The second kappa shape index (κ2) is 5.22. The zero-order valence-corrected chi connectivity index (χ0v) is 10.8. The molecule has 2 heterocycles. The molecule has 1 aliphatic rings. The number of nitrogens with one attached hydrogen (secondary N) is 2. The number of carbonyl (C=O) groups excluding carboxylic acids is 1. The highest BCUT2D eigenvalue weighted by Gasteiger charge is 2.35. The average molecular weight is 268 g/mol. The number of anilines is 1. The number of carbonyl (C=O) groups is 1. The lowest BCUT2D eigenvalue weighted by atomic mass is 10.1. The molecular formula is C10H16N6O3. The van der Waals surface area contributed by atoms with E-state index in [4.69, 9.17) is 0 Å². The standard InChI is InChI=1S/C10H16N6O3/c1-11-9(17)7-5-12-3-4-15(7)10-8(16(18)19)13-6-14(10)2/h6-7,12H,3-5H2,1-2H3,(H,11,17). The third kappa shape index (κ3) is 2.36. The Labute approximate surface area is 109 Å². The Kier molecular flexibility index (Phi) is 3.65. The number of piperazine rings is 1. The van der Waals surface area contributed by atoms with Gasteiger partial charge in [-0.1, -0.05) is 0 Å². The molecule has 2 rings (SSSR count). The fourth-order valence-electron chi connectivity index (χ4n) is 2.23. The molecule has 1 aromatic heterocycles. The van der Waals surface area contributed by atoms with E-state index in [1.54, 1.807) is 23.6 Å². The molecule has 0 aliphatic carbocycles. The minimum atomic E-state index is -0.529. The van der Waals surface area contributed by atoms with Crippen molar-refractivity contribution >= 4 is 17.5 Å². The summed E-state index contributed by atoms with van der Waals surface area (Å²) < 4.78 is 1.57. The van der Waals surface area contributed by atoms with Crippen molar-refractivity contribution in [1.29, 1.82) is 0 Å². The third-order valence-electron chi connectivity index (χ3n) is 3.12. The Morgan fingerprint density at radius 2 is 2.42 bits per heavy atom. The van der Waals surface area contributed by atoms with Crippen LogP contribution in [-0.4, -0.2) is 53.1 Å². The maximum atomic E-state index is 11.9. The first-order valence-corrected chi connectivity index (χ1v) is 5.91. The predicted molar refractivity (Wildman–Crippen MR) is 67.9 cm³/mol. The van der Waals surface area contributed by atoms with Crippen LogP contribution in [0.3, 0.4) is 0 Å². The van der Waals surface area contributed by atoms with E-state index in [1.165, 1.54) is 6.33 Å². The smallest absolute Gasteiger partial charge is 0.358 e. The SMILES string of the molecule is CNC(=O)C1CNCCN1c1c([N+](=O)[O-])ncn1C. The topological polar surface area (TPSA) is 105 Å². The lowest BCUT2D eigenvalue weighted by Gasteiger charge is -2.35. The van der Waals surface area contributed by atoms with Crippen molar-refractivity contribution in [2.24, 2.45) is 7.05 Å². The Hall–Kier alpha value is -2.16. The van der Waals surface area contributed by atoms with Gasteiger partial charge in [-0.15, -0.1) is 0 Å². The average Bonchev–Trinajstić information content (AvgIpc) is 2.80. The zero-order chi connectivity index (χ0) is 14.0. The van der Waals surface area contributed by atoms with E-state index in [2.05, 4.69) is 15.6 Å². The van der Waals surface area contributed by atoms with Crippen molar-refractivity contribution in [3.05, 3.63) is 16.4 Å². The molecule has 0 radical (unpaired) electrons. The van der Waals surface area contributed by atoms with Crippen LogP contribution in [-0.2, 0) is 11.8 Å². The van der Waals surface area contributed by atoms with Crippen LogP contribution < -0.4 is 15.5 Å². The van der Waals surface area contributed by atoms with E-state index in [0.717, 1.165) is 0 Å². The lowest BCUT2D eigenvalue weighted by Crippen LogP contribution is -2.58. The third-order valence-corrected chi connectivity index (χ3v) is 3.12. The Balaban J connectivity index is 2.40. The van der Waals surface area contributed by atoms with E-state index in [9.17, 15) is 14.9 Å². The Morgan fingerprint density at radius 3 is 3.05 bits per heavy atom. The van der Waals surface area contributed by atoms with Gasteiger partial charge >= 0.3 is 5.82 Å². The second-order valence-electron chi connectivity index (χ2n) is 4.29. The minimum absolute atomic E-state index is 0.178. The molecule has 1 saturated heterocycles. The van der Waals surface area contributed by atoms with Gasteiger partial charge in [0, 0.05) is 33.7 Å². The summed E-state index contributed by atoms with van der Waals surface area (Å²) in [5.41, 5.74) is 0. The van der Waals surface area contributed by atoms with E-state index < -0.39 is 11.0 Å². The molecule has 1 unspecified atom stereocenters. The number of amides is 1. The van der Waals surface area contributed by atoms with Gasteiger partial charge in [-0.2, -0.15) is 0 Å². The predicted octanol–water partition coefficient (Wildman–Crippen LogP) is -1.15. The van der Waals surface area contributed by atoms with Gasteiger partial charge in [-0.05, 0) is 9.91 Å². The summed E-state index contributed by atoms with van der Waals surface area (Å²) in [6, 6.07) is -0.479. The van der Waals surface area contributed by atoms with Crippen LogP contribution >= 0.6 is 0 Å². The quantitative estimate of drug-likeness (QED) is 0.530. The largest absolute Gasteiger partial charge is 0.406 e. The molecule has 0 bridgehead atoms. The first-order valence-electron chi connectivity index (χ1n) is 5.91. The van der Waals surface area contributed by atoms with Crippen molar-refractivity contribution in [2.45, 2.75) is 6.04 Å². The van der Waals surface area contributed by atoms with Gasteiger partial charge in [0.15, 0.2) is 0 Å². The van der Waals surface area contributed by atoms with Crippen LogP contribution in [0.4, 0.5) is 11.6 Å². The monoisotopic (exact) mass is 268 g/mol. The number of rotatable bonds is 3. The van der Waals surface area contributed by atoms with Gasteiger partial charge in [0.25, 0.3) is 0 Å². The molecular weight excluding hydrogens is 252 g/mol. The number of imidazole rings is 1. The molecule has 1 amide bonds. The van der Waals surface area contributed by atoms with Crippen LogP contribution in [0.25, 0.3) is 0 Å². The van der Waals surface area contributed by atoms with Crippen molar-refractivity contribution in [3.63, 3.8) is 0 Å². The van der Waals surface area contributed by atoms with Crippen molar-refractivity contribution < 1.29 is 9.72 Å². The van der Waals surface area contributed by atoms with Crippen LogP contribution in [0.2, 0.25) is 0 Å². The van der Waals surface area contributed by atoms with Gasteiger partial charge in [0.05, 0.1) is 0 Å². The minimum Gasteiger partial charge on any atom is -0.358 e. The van der Waals surface area contributed by atoms with Gasteiger partial charge < -0.3 is 25.6 Å². The molecule has 9 nitrogen and oxygen atoms in total. The fraction of sp³-hybridized carbons (Fsp3) is 0.600. The summed E-state index contributed by atoms with van der Waals surface area (Å²) >= 11 is 0. The molecule has 2 N–H and O–H groups in total. The number of nitro groups is 1. The van der Waals surface area contributed by atoms with E-state index >= 15 is 0 Å². The highest BCUT2D eigenvalue weighted by Crippen LogP contribution is 2.28.